The van der Waals surface area contributed by atoms with Gasteiger partial charge in [-0.05, 0) is 27.7 Å². The quantitative estimate of drug-likeness (QED) is 0.650. The zero-order valence-electron chi connectivity index (χ0n) is 13.3. The molecule has 0 aromatic heterocycles. The Balaban J connectivity index is 1.85. The van der Waals surface area contributed by atoms with Gasteiger partial charge in [-0.3, -0.25) is 4.18 Å². The lowest BCUT2D eigenvalue weighted by molar-refractivity contribution is -0.290. The minimum atomic E-state index is -4.33. The van der Waals surface area contributed by atoms with Gasteiger partial charge in [0.2, 0.25) is 5.79 Å². The first-order chi connectivity index (χ1) is 10.5. The second-order valence-corrected chi connectivity index (χ2v) is 7.94. The average molecular weight is 355 g/mol. The molecule has 4 atom stereocenters. The molecule has 0 amide bonds. The summed E-state index contributed by atoms with van der Waals surface area (Å²) in [5.41, 5.74) is 0. The molecule has 0 saturated carbocycles. The van der Waals surface area contributed by atoms with Gasteiger partial charge in [0.15, 0.2) is 11.6 Å². The van der Waals surface area contributed by atoms with Gasteiger partial charge in [0.1, 0.15) is 24.9 Å². The van der Waals surface area contributed by atoms with E-state index in [0.717, 1.165) is 4.89 Å². The number of nitrogens with one attached hydrogen (secondary N) is 1. The molecule has 3 heterocycles. The Labute approximate surface area is 134 Å². The summed E-state index contributed by atoms with van der Waals surface area (Å²) in [6.45, 7) is 6.50. The van der Waals surface area contributed by atoms with Gasteiger partial charge in [-0.2, -0.15) is 8.42 Å². The Morgan fingerprint density at radius 3 is 2.52 bits per heavy atom. The van der Waals surface area contributed by atoms with Crippen LogP contribution in [0.3, 0.4) is 0 Å². The van der Waals surface area contributed by atoms with E-state index >= 15 is 0 Å². The Kier molecular flexibility index (Phi) is 4.03. The highest BCUT2D eigenvalue weighted by atomic mass is 32.2. The number of hydrogen-bond acceptors (Lipinski definition) is 9. The van der Waals surface area contributed by atoms with Crippen molar-refractivity contribution in [2.24, 2.45) is 0 Å². The SMILES string of the molecule is CC1(C)O[C@@H]2[C@@H](COC3(COS(=O)(=O)NO)OC(C)(C)O[C@@H]23)O1. The van der Waals surface area contributed by atoms with E-state index in [1.54, 1.807) is 27.7 Å². The molecule has 3 aliphatic rings. The van der Waals surface area contributed by atoms with Crippen molar-refractivity contribution in [2.75, 3.05) is 13.2 Å². The maximum Gasteiger partial charge on any atom is 0.358 e. The van der Waals surface area contributed by atoms with E-state index in [2.05, 4.69) is 0 Å². The lowest BCUT2D eigenvalue weighted by Crippen LogP contribution is -2.60. The van der Waals surface area contributed by atoms with E-state index in [1.807, 2.05) is 0 Å². The van der Waals surface area contributed by atoms with E-state index in [1.165, 1.54) is 0 Å². The normalized spacial score (nSPS) is 41.5. The molecule has 134 valence electrons. The zero-order chi connectivity index (χ0) is 17.1. The van der Waals surface area contributed by atoms with Gasteiger partial charge in [0, 0.05) is 0 Å². The van der Waals surface area contributed by atoms with E-state index < -0.39 is 46.5 Å². The third-order valence-corrected chi connectivity index (χ3v) is 4.45. The summed E-state index contributed by atoms with van der Waals surface area (Å²) in [4.78, 5) is 1.08. The molecule has 0 bridgehead atoms. The molecule has 3 fully saturated rings. The first-order valence-corrected chi connectivity index (χ1v) is 8.56. The van der Waals surface area contributed by atoms with Gasteiger partial charge in [-0.1, -0.05) is 4.89 Å². The molecule has 23 heavy (non-hydrogen) atoms. The molecule has 3 saturated heterocycles. The van der Waals surface area contributed by atoms with Crippen LogP contribution in [0.4, 0.5) is 0 Å². The van der Waals surface area contributed by atoms with Crippen LogP contribution in [0, 0.1) is 0 Å². The summed E-state index contributed by atoms with van der Waals surface area (Å²) in [6.07, 6.45) is -1.63. The molecule has 0 radical (unpaired) electrons. The third-order valence-electron chi connectivity index (χ3n) is 3.80. The van der Waals surface area contributed by atoms with Gasteiger partial charge in [-0.25, -0.2) is 0 Å². The highest BCUT2D eigenvalue weighted by molar-refractivity contribution is 7.84. The molecule has 3 rings (SSSR count). The number of rotatable bonds is 4. The maximum absolute atomic E-state index is 11.3. The Morgan fingerprint density at radius 2 is 1.87 bits per heavy atom. The lowest BCUT2D eigenvalue weighted by atomic mass is 9.98. The van der Waals surface area contributed by atoms with E-state index in [4.69, 9.17) is 33.1 Å². The highest BCUT2D eigenvalue weighted by Gasteiger charge is 2.65. The lowest BCUT2D eigenvalue weighted by Gasteiger charge is -2.40. The van der Waals surface area contributed by atoms with Gasteiger partial charge in [0.25, 0.3) is 0 Å². The van der Waals surface area contributed by atoms with Crippen LogP contribution in [0.25, 0.3) is 0 Å². The Bertz CT molecular complexity index is 577. The highest BCUT2D eigenvalue weighted by Crippen LogP contribution is 2.47. The van der Waals surface area contributed by atoms with Crippen LogP contribution in [0.15, 0.2) is 0 Å². The second-order valence-electron chi connectivity index (χ2n) is 6.61. The van der Waals surface area contributed by atoms with E-state index in [9.17, 15) is 8.42 Å². The van der Waals surface area contributed by atoms with Crippen LogP contribution in [-0.4, -0.2) is 62.5 Å². The first-order valence-electron chi connectivity index (χ1n) is 7.15. The third kappa shape index (κ3) is 3.25. The van der Waals surface area contributed by atoms with Crippen LogP contribution < -0.4 is 4.89 Å². The zero-order valence-corrected chi connectivity index (χ0v) is 14.1. The van der Waals surface area contributed by atoms with Crippen molar-refractivity contribution in [1.82, 2.24) is 4.89 Å². The molecule has 0 spiro atoms. The van der Waals surface area contributed by atoms with Crippen LogP contribution in [0.5, 0.6) is 0 Å². The van der Waals surface area contributed by atoms with E-state index in [0.29, 0.717) is 0 Å². The molecular formula is C12H21NO9S. The fourth-order valence-corrected chi connectivity index (χ4v) is 3.51. The maximum atomic E-state index is 11.3. The second kappa shape index (κ2) is 5.31. The van der Waals surface area contributed by atoms with Crippen LogP contribution in [-0.2, 0) is 38.2 Å². The number of fused-ring (bicyclic) bond motifs is 3. The smallest absolute Gasteiger partial charge is 0.343 e. The number of ether oxygens (including phenoxy) is 5. The first kappa shape index (κ1) is 17.5. The average Bonchev–Trinajstić information content (AvgIpc) is 2.88. The Morgan fingerprint density at radius 1 is 1.17 bits per heavy atom. The minimum absolute atomic E-state index is 0.125. The fourth-order valence-electron chi connectivity index (χ4n) is 3.13. The standard InChI is InChI=1S/C12H21NO9S/c1-10(2)19-7-5-17-12(6-18-23(15,16)13-14)9(8(7)20-10)21-11(3,4)22-12/h7-9,13-14H,5-6H2,1-4H3/t7-,8-,9+,12?/m1/s1. The van der Waals surface area contributed by atoms with Gasteiger partial charge >= 0.3 is 10.3 Å². The molecule has 10 nitrogen and oxygen atoms in total. The van der Waals surface area contributed by atoms with Gasteiger partial charge in [-0.15, -0.1) is 0 Å². The molecule has 0 aliphatic carbocycles. The summed E-state index contributed by atoms with van der Waals surface area (Å²) in [6, 6.07) is 0. The molecule has 3 aliphatic heterocycles. The summed E-state index contributed by atoms with van der Waals surface area (Å²) < 4.78 is 56.3. The molecule has 11 heteroatoms. The van der Waals surface area contributed by atoms with Gasteiger partial charge in [0.05, 0.1) is 6.61 Å². The largest absolute Gasteiger partial charge is 0.358 e. The molecule has 2 N–H and O–H groups in total. The van der Waals surface area contributed by atoms with Gasteiger partial charge < -0.3 is 28.9 Å². The molecule has 0 aromatic rings. The minimum Gasteiger partial charge on any atom is -0.343 e. The van der Waals surface area contributed by atoms with Crippen molar-refractivity contribution in [3.8, 4) is 0 Å². The van der Waals surface area contributed by atoms with Crippen LogP contribution >= 0.6 is 0 Å². The Hall–Kier alpha value is -0.370. The summed E-state index contributed by atoms with van der Waals surface area (Å²) in [5, 5.41) is 8.56. The van der Waals surface area contributed by atoms with Crippen molar-refractivity contribution in [3.63, 3.8) is 0 Å². The summed E-state index contributed by atoms with van der Waals surface area (Å²) in [7, 11) is -4.33. The van der Waals surface area contributed by atoms with Crippen molar-refractivity contribution in [1.29, 1.82) is 0 Å². The van der Waals surface area contributed by atoms with E-state index in [-0.39, 0.29) is 12.7 Å². The van der Waals surface area contributed by atoms with Crippen molar-refractivity contribution >= 4 is 10.3 Å². The van der Waals surface area contributed by atoms with Crippen molar-refractivity contribution < 1.29 is 41.5 Å². The number of hydrogen-bond donors (Lipinski definition) is 2. The predicted octanol–water partition coefficient (Wildman–Crippen LogP) is -0.375. The molecular weight excluding hydrogens is 334 g/mol. The molecule has 0 aromatic carbocycles. The summed E-state index contributed by atoms with van der Waals surface area (Å²) in [5.74, 6) is -3.34. The van der Waals surface area contributed by atoms with Crippen LogP contribution in [0.2, 0.25) is 0 Å². The summed E-state index contributed by atoms with van der Waals surface area (Å²) >= 11 is 0. The predicted molar refractivity (Wildman–Crippen MR) is 72.3 cm³/mol. The monoisotopic (exact) mass is 355 g/mol. The topological polar surface area (TPSA) is 122 Å². The van der Waals surface area contributed by atoms with Crippen molar-refractivity contribution in [2.45, 2.75) is 63.4 Å². The van der Waals surface area contributed by atoms with Crippen molar-refractivity contribution in [3.05, 3.63) is 0 Å². The molecule has 1 unspecified atom stereocenters. The fraction of sp³-hybridized carbons (Fsp3) is 1.00. The van der Waals surface area contributed by atoms with Crippen LogP contribution in [0.1, 0.15) is 27.7 Å².